The number of alkyl halides is 1. The first-order chi connectivity index (χ1) is 5.56. The molecule has 1 atom stereocenters. The van der Waals surface area contributed by atoms with Gasteiger partial charge < -0.3 is 0 Å². The van der Waals surface area contributed by atoms with Crippen molar-refractivity contribution in [1.82, 2.24) is 0 Å². The highest BCUT2D eigenvalue weighted by molar-refractivity contribution is 6.25. The lowest BCUT2D eigenvalue weighted by Crippen LogP contribution is -2.27. The number of terminal acetylenes is 1. The molecule has 0 bridgehead atoms. The molecule has 0 spiro atoms. The van der Waals surface area contributed by atoms with Crippen molar-refractivity contribution in [1.29, 1.82) is 0 Å². The van der Waals surface area contributed by atoms with Gasteiger partial charge in [-0.1, -0.05) is 29.7 Å². The Morgan fingerprint density at radius 1 is 1.42 bits per heavy atom. The van der Waals surface area contributed by atoms with Crippen LogP contribution in [0.3, 0.4) is 0 Å². The normalized spacial score (nSPS) is 14.8. The van der Waals surface area contributed by atoms with Gasteiger partial charge >= 0.3 is 0 Å². The van der Waals surface area contributed by atoms with Crippen LogP contribution in [0.2, 0.25) is 0 Å². The minimum absolute atomic E-state index is 0.344. The lowest BCUT2D eigenvalue weighted by Gasteiger charge is -2.14. The van der Waals surface area contributed by atoms with Crippen LogP contribution < -0.4 is 5.73 Å². The molecule has 0 saturated carbocycles. The van der Waals surface area contributed by atoms with Gasteiger partial charge in [0.05, 0.1) is 0 Å². The summed E-state index contributed by atoms with van der Waals surface area (Å²) in [5.74, 6) is 1.85. The highest BCUT2D eigenvalue weighted by Gasteiger charge is 2.20. The van der Waals surface area contributed by atoms with Gasteiger partial charge in [0, 0.05) is 0 Å². The van der Waals surface area contributed by atoms with Gasteiger partial charge in [-0.3, -0.25) is 5.73 Å². The van der Waals surface area contributed by atoms with Crippen molar-refractivity contribution in [2.24, 2.45) is 5.73 Å². The summed E-state index contributed by atoms with van der Waals surface area (Å²) in [6.07, 6.45) is 5.08. The Bertz CT molecular complexity index is 310. The SMILES string of the molecule is C#CC(N)(Cl)c1ccc(F)cc1. The van der Waals surface area contributed by atoms with E-state index >= 15 is 0 Å². The van der Waals surface area contributed by atoms with Gasteiger partial charge in [0.2, 0.25) is 0 Å². The summed E-state index contributed by atoms with van der Waals surface area (Å²) in [5, 5.41) is 0. The molecule has 0 aliphatic rings. The Labute approximate surface area is 75.3 Å². The third-order valence-electron chi connectivity index (χ3n) is 1.47. The van der Waals surface area contributed by atoms with E-state index in [9.17, 15) is 4.39 Å². The Balaban J connectivity index is 3.07. The third kappa shape index (κ3) is 1.76. The van der Waals surface area contributed by atoms with Crippen LogP contribution in [0.1, 0.15) is 5.56 Å². The standard InChI is InChI=1S/C9H7ClFN/c1-2-9(10,12)7-3-5-8(11)6-4-7/h1,3-6H,12H2. The van der Waals surface area contributed by atoms with E-state index < -0.39 is 5.00 Å². The summed E-state index contributed by atoms with van der Waals surface area (Å²) in [6, 6.07) is 5.44. The quantitative estimate of drug-likeness (QED) is 0.401. The molecule has 1 aromatic carbocycles. The summed E-state index contributed by atoms with van der Waals surface area (Å²) in [5.41, 5.74) is 6.00. The molecular weight excluding hydrogens is 177 g/mol. The maximum atomic E-state index is 12.4. The Morgan fingerprint density at radius 3 is 2.33 bits per heavy atom. The molecule has 1 unspecified atom stereocenters. The molecule has 0 fully saturated rings. The van der Waals surface area contributed by atoms with Gasteiger partial charge in [-0.25, -0.2) is 4.39 Å². The van der Waals surface area contributed by atoms with E-state index in [-0.39, 0.29) is 5.82 Å². The molecule has 3 heteroatoms. The molecule has 2 N–H and O–H groups in total. The van der Waals surface area contributed by atoms with Gasteiger partial charge in [-0.15, -0.1) is 6.42 Å². The summed E-state index contributed by atoms with van der Waals surface area (Å²) < 4.78 is 12.4. The maximum absolute atomic E-state index is 12.4. The van der Waals surface area contributed by atoms with Crippen molar-refractivity contribution in [2.75, 3.05) is 0 Å². The number of benzene rings is 1. The van der Waals surface area contributed by atoms with E-state index in [0.29, 0.717) is 5.56 Å². The maximum Gasteiger partial charge on any atom is 0.178 e. The second-order valence-corrected chi connectivity index (χ2v) is 2.96. The Hall–Kier alpha value is -1.04. The molecule has 0 aliphatic carbocycles. The van der Waals surface area contributed by atoms with Crippen molar-refractivity contribution in [2.45, 2.75) is 5.00 Å². The molecule has 0 amide bonds. The summed E-state index contributed by atoms with van der Waals surface area (Å²) >= 11 is 5.72. The van der Waals surface area contributed by atoms with Crippen LogP contribution in [-0.4, -0.2) is 0 Å². The second-order valence-electron chi connectivity index (χ2n) is 2.36. The number of nitrogens with two attached hydrogens (primary N) is 1. The van der Waals surface area contributed by atoms with E-state index in [1.807, 2.05) is 0 Å². The summed E-state index contributed by atoms with van der Waals surface area (Å²) in [7, 11) is 0. The van der Waals surface area contributed by atoms with E-state index in [4.69, 9.17) is 23.8 Å². The fraction of sp³-hybridized carbons (Fsp3) is 0.111. The molecule has 12 heavy (non-hydrogen) atoms. The topological polar surface area (TPSA) is 26.0 Å². The van der Waals surface area contributed by atoms with Crippen LogP contribution in [0.5, 0.6) is 0 Å². The summed E-state index contributed by atoms with van der Waals surface area (Å²) in [4.78, 5) is -1.34. The van der Waals surface area contributed by atoms with Gasteiger partial charge in [0.1, 0.15) is 5.82 Å². The zero-order valence-electron chi connectivity index (χ0n) is 6.22. The molecule has 0 saturated heterocycles. The third-order valence-corrected chi connectivity index (χ3v) is 1.80. The molecule has 1 aromatic rings. The van der Waals surface area contributed by atoms with Crippen molar-refractivity contribution >= 4 is 11.6 Å². The largest absolute Gasteiger partial charge is 0.299 e. The monoisotopic (exact) mass is 183 g/mol. The average Bonchev–Trinajstić information content (AvgIpc) is 2.05. The Morgan fingerprint density at radius 2 is 1.92 bits per heavy atom. The van der Waals surface area contributed by atoms with Crippen LogP contribution in [0.15, 0.2) is 24.3 Å². The van der Waals surface area contributed by atoms with Gasteiger partial charge in [0.15, 0.2) is 5.00 Å². The highest BCUT2D eigenvalue weighted by Crippen LogP contribution is 2.21. The Kier molecular flexibility index (Phi) is 2.37. The molecule has 62 valence electrons. The average molecular weight is 184 g/mol. The smallest absolute Gasteiger partial charge is 0.178 e. The van der Waals surface area contributed by atoms with Crippen LogP contribution in [-0.2, 0) is 5.00 Å². The van der Waals surface area contributed by atoms with E-state index in [2.05, 4.69) is 5.92 Å². The molecule has 0 aromatic heterocycles. The van der Waals surface area contributed by atoms with Crippen LogP contribution in [0, 0.1) is 18.2 Å². The molecule has 0 heterocycles. The lowest BCUT2D eigenvalue weighted by molar-refractivity contribution is 0.626. The van der Waals surface area contributed by atoms with Crippen LogP contribution in [0.4, 0.5) is 4.39 Å². The minimum Gasteiger partial charge on any atom is -0.299 e. The van der Waals surface area contributed by atoms with Crippen LogP contribution >= 0.6 is 11.6 Å². The van der Waals surface area contributed by atoms with E-state index in [1.54, 1.807) is 0 Å². The van der Waals surface area contributed by atoms with Crippen molar-refractivity contribution in [3.05, 3.63) is 35.6 Å². The fourth-order valence-corrected chi connectivity index (χ4v) is 0.902. The molecular formula is C9H7ClFN. The van der Waals surface area contributed by atoms with E-state index in [0.717, 1.165) is 0 Å². The molecule has 0 aliphatic heterocycles. The second kappa shape index (κ2) is 3.14. The zero-order valence-corrected chi connectivity index (χ0v) is 6.98. The van der Waals surface area contributed by atoms with Crippen LogP contribution in [0.25, 0.3) is 0 Å². The van der Waals surface area contributed by atoms with Crippen molar-refractivity contribution in [3.8, 4) is 12.3 Å². The lowest BCUT2D eigenvalue weighted by atomic mass is 10.1. The van der Waals surface area contributed by atoms with E-state index in [1.165, 1.54) is 24.3 Å². The molecule has 1 nitrogen and oxygen atoms in total. The predicted octanol–water partition coefficient (Wildman–Crippen LogP) is 1.81. The number of halogens is 2. The first kappa shape index (κ1) is 9.05. The number of hydrogen-bond acceptors (Lipinski definition) is 1. The molecule has 1 rings (SSSR count). The van der Waals surface area contributed by atoms with Crippen molar-refractivity contribution in [3.63, 3.8) is 0 Å². The van der Waals surface area contributed by atoms with Gasteiger partial charge in [-0.2, -0.15) is 0 Å². The first-order valence-electron chi connectivity index (χ1n) is 3.28. The van der Waals surface area contributed by atoms with Crippen molar-refractivity contribution < 1.29 is 4.39 Å². The number of hydrogen-bond donors (Lipinski definition) is 1. The molecule has 0 radical (unpaired) electrons. The van der Waals surface area contributed by atoms with Gasteiger partial charge in [0.25, 0.3) is 0 Å². The minimum atomic E-state index is -1.34. The van der Waals surface area contributed by atoms with Gasteiger partial charge in [-0.05, 0) is 17.7 Å². The first-order valence-corrected chi connectivity index (χ1v) is 3.65. The fourth-order valence-electron chi connectivity index (χ4n) is 0.776. The zero-order chi connectivity index (χ0) is 9.19. The number of rotatable bonds is 1. The highest BCUT2D eigenvalue weighted by atomic mass is 35.5. The summed E-state index contributed by atoms with van der Waals surface area (Å²) in [6.45, 7) is 0. The predicted molar refractivity (Wildman–Crippen MR) is 47.0 cm³/mol.